The van der Waals surface area contributed by atoms with Crippen molar-refractivity contribution in [3.8, 4) is 0 Å². The molecule has 2 atom stereocenters. The second-order valence-electron chi connectivity index (χ2n) is 6.07. The standard InChI is InChI=1S/C12H14F2.C4H10O2S/c1-8-3-2-4-10(8)9-5-6-11(13)12(14)7-9;1-4(2)7(3,5)6/h5-8,10H,2-4H2,1H3;4H,1-3H3. The van der Waals surface area contributed by atoms with Crippen molar-refractivity contribution in [2.75, 3.05) is 6.26 Å². The summed E-state index contributed by atoms with van der Waals surface area (Å²) in [5.74, 6) is -0.453. The predicted molar refractivity (Wildman–Crippen MR) is 82.1 cm³/mol. The molecule has 0 aliphatic heterocycles. The maximum Gasteiger partial charge on any atom is 0.159 e. The third-order valence-corrected chi connectivity index (χ3v) is 5.80. The van der Waals surface area contributed by atoms with Gasteiger partial charge < -0.3 is 0 Å². The van der Waals surface area contributed by atoms with Gasteiger partial charge in [-0.25, -0.2) is 17.2 Å². The number of rotatable bonds is 2. The summed E-state index contributed by atoms with van der Waals surface area (Å²) in [7, 11) is -2.74. The van der Waals surface area contributed by atoms with Gasteiger partial charge in [-0.1, -0.05) is 25.8 Å². The van der Waals surface area contributed by atoms with Crippen LogP contribution in [0.5, 0.6) is 0 Å². The lowest BCUT2D eigenvalue weighted by Crippen LogP contribution is -2.10. The van der Waals surface area contributed by atoms with Crippen LogP contribution in [0.25, 0.3) is 0 Å². The molecule has 1 aromatic carbocycles. The van der Waals surface area contributed by atoms with Gasteiger partial charge in [0.05, 0.1) is 5.25 Å². The van der Waals surface area contributed by atoms with Gasteiger partial charge in [0.1, 0.15) is 9.84 Å². The Bertz CT molecular complexity index is 568. The van der Waals surface area contributed by atoms with E-state index in [1.807, 2.05) is 0 Å². The van der Waals surface area contributed by atoms with Crippen LogP contribution in [0.2, 0.25) is 0 Å². The Morgan fingerprint density at radius 2 is 1.71 bits per heavy atom. The second-order valence-corrected chi connectivity index (χ2v) is 8.67. The van der Waals surface area contributed by atoms with E-state index < -0.39 is 21.5 Å². The SMILES string of the molecule is CC(C)S(C)(=O)=O.CC1CCCC1c1ccc(F)c(F)c1. The van der Waals surface area contributed by atoms with Crippen LogP contribution >= 0.6 is 0 Å². The molecule has 0 bridgehead atoms. The Balaban J connectivity index is 0.000000270. The number of hydrogen-bond donors (Lipinski definition) is 0. The van der Waals surface area contributed by atoms with Gasteiger partial charge in [0.15, 0.2) is 11.6 Å². The van der Waals surface area contributed by atoms with E-state index in [-0.39, 0.29) is 5.25 Å². The maximum absolute atomic E-state index is 13.0. The molecular weight excluding hydrogens is 294 g/mol. The maximum atomic E-state index is 13.0. The molecular formula is C16H24F2O2S. The Labute approximate surface area is 126 Å². The third kappa shape index (κ3) is 5.38. The van der Waals surface area contributed by atoms with Crippen molar-refractivity contribution in [1.82, 2.24) is 0 Å². The zero-order valence-corrected chi connectivity index (χ0v) is 13.9. The number of hydrogen-bond acceptors (Lipinski definition) is 2. The van der Waals surface area contributed by atoms with Gasteiger partial charge in [0.2, 0.25) is 0 Å². The zero-order chi connectivity index (χ0) is 16.2. The molecule has 0 N–H and O–H groups in total. The molecule has 2 unspecified atom stereocenters. The predicted octanol–water partition coefficient (Wildman–Crippen LogP) is 4.31. The van der Waals surface area contributed by atoms with Crippen LogP contribution in [-0.4, -0.2) is 19.9 Å². The van der Waals surface area contributed by atoms with Crippen LogP contribution < -0.4 is 0 Å². The molecule has 0 amide bonds. The van der Waals surface area contributed by atoms with E-state index in [4.69, 9.17) is 0 Å². The van der Waals surface area contributed by atoms with Crippen LogP contribution in [0, 0.1) is 17.6 Å². The molecule has 1 aliphatic rings. The normalized spacial score (nSPS) is 22.0. The summed E-state index contributed by atoms with van der Waals surface area (Å²) in [5.41, 5.74) is 0.953. The lowest BCUT2D eigenvalue weighted by atomic mass is 9.90. The lowest BCUT2D eigenvalue weighted by molar-refractivity contribution is 0.495. The van der Waals surface area contributed by atoms with Gasteiger partial charge in [-0.3, -0.25) is 0 Å². The van der Waals surface area contributed by atoms with Gasteiger partial charge in [-0.2, -0.15) is 0 Å². The molecule has 1 aliphatic carbocycles. The highest BCUT2D eigenvalue weighted by atomic mass is 32.2. The van der Waals surface area contributed by atoms with E-state index in [9.17, 15) is 17.2 Å². The van der Waals surface area contributed by atoms with E-state index in [0.29, 0.717) is 11.8 Å². The van der Waals surface area contributed by atoms with E-state index in [1.165, 1.54) is 31.2 Å². The first kappa shape index (κ1) is 18.1. The van der Waals surface area contributed by atoms with Crippen molar-refractivity contribution in [2.24, 2.45) is 5.92 Å². The zero-order valence-electron chi connectivity index (χ0n) is 13.1. The molecule has 0 heterocycles. The van der Waals surface area contributed by atoms with Gasteiger partial charge in [-0.05, 0) is 49.8 Å². The molecule has 1 aromatic rings. The minimum Gasteiger partial charge on any atom is -0.229 e. The minimum absolute atomic E-state index is 0.229. The molecule has 0 spiro atoms. The van der Waals surface area contributed by atoms with Crippen molar-refractivity contribution >= 4 is 9.84 Å². The van der Waals surface area contributed by atoms with Crippen LogP contribution in [0.1, 0.15) is 51.5 Å². The van der Waals surface area contributed by atoms with Gasteiger partial charge >= 0.3 is 0 Å². The molecule has 5 heteroatoms. The van der Waals surface area contributed by atoms with E-state index in [1.54, 1.807) is 19.9 Å². The van der Waals surface area contributed by atoms with Crippen LogP contribution in [-0.2, 0) is 9.84 Å². The fourth-order valence-electron chi connectivity index (χ4n) is 2.38. The van der Waals surface area contributed by atoms with Crippen molar-refractivity contribution in [3.05, 3.63) is 35.4 Å². The summed E-state index contributed by atoms with van der Waals surface area (Å²) in [6, 6.07) is 4.29. The van der Waals surface area contributed by atoms with Crippen LogP contribution in [0.3, 0.4) is 0 Å². The van der Waals surface area contributed by atoms with E-state index in [0.717, 1.165) is 12.0 Å². The largest absolute Gasteiger partial charge is 0.229 e. The van der Waals surface area contributed by atoms with Crippen molar-refractivity contribution < 1.29 is 17.2 Å². The molecule has 2 nitrogen and oxygen atoms in total. The first-order valence-corrected chi connectivity index (χ1v) is 9.22. The highest BCUT2D eigenvalue weighted by molar-refractivity contribution is 7.91. The quantitative estimate of drug-likeness (QED) is 0.814. The summed E-state index contributed by atoms with van der Waals surface area (Å²) in [6.45, 7) is 5.50. The molecule has 2 rings (SSSR count). The average Bonchev–Trinajstić information content (AvgIpc) is 2.79. The fourth-order valence-corrected chi connectivity index (χ4v) is 2.38. The van der Waals surface area contributed by atoms with Crippen LogP contribution in [0.4, 0.5) is 8.78 Å². The number of halogens is 2. The summed E-state index contributed by atoms with van der Waals surface area (Å²) in [5, 5.41) is -0.229. The summed E-state index contributed by atoms with van der Waals surface area (Å²) >= 11 is 0. The summed E-state index contributed by atoms with van der Waals surface area (Å²) in [4.78, 5) is 0. The molecule has 21 heavy (non-hydrogen) atoms. The molecule has 120 valence electrons. The van der Waals surface area contributed by atoms with Crippen LogP contribution in [0.15, 0.2) is 18.2 Å². The van der Waals surface area contributed by atoms with Gasteiger partial charge in [0.25, 0.3) is 0 Å². The summed E-state index contributed by atoms with van der Waals surface area (Å²) in [6.07, 6.45) is 4.73. The minimum atomic E-state index is -2.74. The molecule has 1 fully saturated rings. The van der Waals surface area contributed by atoms with Crippen molar-refractivity contribution in [2.45, 2.75) is 51.2 Å². The first-order valence-electron chi connectivity index (χ1n) is 7.26. The monoisotopic (exact) mass is 318 g/mol. The van der Waals surface area contributed by atoms with Gasteiger partial charge in [-0.15, -0.1) is 0 Å². The second kappa shape index (κ2) is 7.34. The Morgan fingerprint density at radius 3 is 2.10 bits per heavy atom. The number of sulfone groups is 1. The Morgan fingerprint density at radius 1 is 1.14 bits per heavy atom. The third-order valence-electron chi connectivity index (χ3n) is 4.09. The highest BCUT2D eigenvalue weighted by Crippen LogP contribution is 2.39. The van der Waals surface area contributed by atoms with Crippen molar-refractivity contribution in [1.29, 1.82) is 0 Å². The first-order chi connectivity index (χ1) is 9.62. The Kier molecular flexibility index (Phi) is 6.32. The number of benzene rings is 1. The van der Waals surface area contributed by atoms with E-state index >= 15 is 0 Å². The lowest BCUT2D eigenvalue weighted by Gasteiger charge is -2.15. The smallest absolute Gasteiger partial charge is 0.159 e. The molecule has 0 aromatic heterocycles. The summed E-state index contributed by atoms with van der Waals surface area (Å²) < 4.78 is 46.4. The molecule has 1 saturated carbocycles. The van der Waals surface area contributed by atoms with E-state index in [2.05, 4.69) is 6.92 Å². The molecule has 0 saturated heterocycles. The molecule has 0 radical (unpaired) electrons. The highest BCUT2D eigenvalue weighted by Gasteiger charge is 2.25. The Hall–Kier alpha value is -0.970. The average molecular weight is 318 g/mol. The fraction of sp³-hybridized carbons (Fsp3) is 0.625. The van der Waals surface area contributed by atoms with Gasteiger partial charge in [0, 0.05) is 6.26 Å². The topological polar surface area (TPSA) is 34.1 Å². The van der Waals surface area contributed by atoms with Crippen molar-refractivity contribution in [3.63, 3.8) is 0 Å².